The van der Waals surface area contributed by atoms with E-state index in [1.165, 1.54) is 11.5 Å². The number of aromatic amines is 2. The Morgan fingerprint density at radius 3 is 1.40 bits per heavy atom. The molecular weight excluding hydrogens is 1460 g/mol. The van der Waals surface area contributed by atoms with Crippen molar-refractivity contribution in [2.75, 3.05) is 56.0 Å². The van der Waals surface area contributed by atoms with Gasteiger partial charge in [-0.05, 0) is 19.1 Å². The number of hydrogen-bond donors (Lipinski definition) is 16. The Morgan fingerprint density at radius 1 is 0.520 bits per heavy atom. The Labute approximate surface area is 564 Å². The van der Waals surface area contributed by atoms with Crippen LogP contribution in [0.4, 0.5) is 23.4 Å². The van der Waals surface area contributed by atoms with E-state index < -0.39 is 215 Å². The highest BCUT2D eigenvalue weighted by Crippen LogP contribution is 2.55. The van der Waals surface area contributed by atoms with Crippen molar-refractivity contribution in [3.05, 3.63) is 107 Å². The fraction of sp³-hybridized carbons (Fsp3) is 0.542. The van der Waals surface area contributed by atoms with Crippen LogP contribution in [0.1, 0.15) is 43.1 Å². The number of aliphatic hydroxyl groups excluding tert-OH is 6. The molecule has 12 heterocycles. The predicted octanol–water partition coefficient (Wildman–Crippen LogP) is -6.66. The second kappa shape index (κ2) is 28.9. The van der Waals surface area contributed by atoms with Gasteiger partial charge in [-0.3, -0.25) is 78.6 Å². The van der Waals surface area contributed by atoms with Crippen LogP contribution in [0.15, 0.2) is 73.7 Å². The summed E-state index contributed by atoms with van der Waals surface area (Å²) in [6.45, 7) is -4.47. The summed E-state index contributed by atoms with van der Waals surface area (Å²) in [5.41, 5.74) is 17.6. The summed E-state index contributed by atoms with van der Waals surface area (Å²) in [5, 5.41) is 67.6. The summed E-state index contributed by atoms with van der Waals surface area (Å²) >= 11 is 0. The van der Waals surface area contributed by atoms with Crippen LogP contribution < -0.4 is 51.1 Å². The largest absolute Gasteiger partial charge is 0.472 e. The van der Waals surface area contributed by atoms with Crippen molar-refractivity contribution in [2.45, 2.75) is 130 Å². The van der Waals surface area contributed by atoms with Gasteiger partial charge in [0.25, 0.3) is 11.1 Å². The van der Waals surface area contributed by atoms with Gasteiger partial charge in [0, 0.05) is 30.6 Å². The molecule has 0 amide bonds. The lowest BCUT2D eigenvalue weighted by Crippen LogP contribution is -2.39. The summed E-state index contributed by atoms with van der Waals surface area (Å²) in [7, 11) is -22.8. The standard InChI is InChI=1S/C48H62N18O32P4/c1-16-7-64(48(77)61-39(16)73)25-6-17(68)19(90-25)9-86-99(78,79)96-33-20(92-41(29(33)70)62-4-2-23(49)57-46(62)75)10-88-101(82,83)97-34-21(93-42(30(34)71)63-5-3-24(50)58-47(63)76)11-89-102(84,85)98-35-22(94-44(31(35)72)66-15-56-27-38(66)59-45(52)60-40(27)74)12-87-100(80,81)95-32-18(8-67)91-43(28(32)69)65-14-55-26-36(51)53-13-54-37(26)65/h2-5,7,13-15,17-22,25,28-35,41-44,67-72H,6,8-12H2,1H3,(H,78,79)(H,80,81)(H,82,83)(H,84,85)(H2,49,57,75)(H2,50,58,76)(H2,51,53,54)(H,61,73,77)(H3,52,59,60,74)/t17-,18+,19+,20+,21+,22+,25+,28+,29+,30+,31+,32+,33+,34+,35+,41+,42+,43+,44+/m0/s1. The molecule has 0 aromatic carbocycles. The Kier molecular flexibility index (Phi) is 21.0. The maximum atomic E-state index is 14.3. The normalized spacial score (nSPS) is 32.1. The smallest absolute Gasteiger partial charge is 0.394 e. The number of nitrogen functional groups attached to an aromatic ring is 4. The molecule has 5 fully saturated rings. The SMILES string of the molecule is Cc1cn([C@H]2C[C@H](O)[C@@H](COP(=O)(O)O[C@H]3[C@@H](O)[C@H](n4ccc(N)nc4=O)O[C@@H]3COP(=O)(O)O[C@H]3[C@@H](O)[C@H](n4ccc(N)nc4=O)O[C@@H]3COP(=O)(O)O[C@H]3[C@@H](O)[C@H](n4cnc5c(=O)[nH]c(N)nc54)O[C@@H]3COP(=O)(O)O[C@H]3[C@@H](O)[C@H](n4cnc5c(N)ncnc54)O[C@@H]3CO)O2)c(=O)[nH]c1=O. The molecule has 5 saturated heterocycles. The van der Waals surface area contributed by atoms with Crippen molar-refractivity contribution in [3.63, 3.8) is 0 Å². The van der Waals surface area contributed by atoms with Crippen LogP contribution in [0.2, 0.25) is 0 Å². The second-order valence-electron chi connectivity index (χ2n) is 23.1. The number of phosphoric ester groups is 4. The summed E-state index contributed by atoms with van der Waals surface area (Å²) in [4.78, 5) is 140. The first-order valence-corrected chi connectivity index (χ1v) is 35.7. The number of fused-ring (bicyclic) bond motifs is 2. The highest BCUT2D eigenvalue weighted by molar-refractivity contribution is 7.48. The average molecular weight is 1530 g/mol. The van der Waals surface area contributed by atoms with Crippen molar-refractivity contribution in [2.24, 2.45) is 0 Å². The summed E-state index contributed by atoms with van der Waals surface area (Å²) < 4.78 is 131. The highest BCUT2D eigenvalue weighted by atomic mass is 31.2. The zero-order chi connectivity index (χ0) is 73.4. The minimum atomic E-state index is -5.87. The number of hydrogen-bond acceptors (Lipinski definition) is 39. The molecule has 0 aliphatic carbocycles. The van der Waals surface area contributed by atoms with E-state index in [1.54, 1.807) is 0 Å². The number of aromatic nitrogens is 14. The van der Waals surface area contributed by atoms with E-state index in [4.69, 9.17) is 82.8 Å². The molecular formula is C48H62N18O32P4. The van der Waals surface area contributed by atoms with Gasteiger partial charge < -0.3 is 96.8 Å². The van der Waals surface area contributed by atoms with Crippen molar-refractivity contribution >= 4 is 77.0 Å². The molecule has 5 aliphatic rings. The molecule has 20 N–H and O–H groups in total. The van der Waals surface area contributed by atoms with E-state index in [9.17, 15) is 92.4 Å². The average Bonchev–Trinajstić information content (AvgIpc) is 1.63. The van der Waals surface area contributed by atoms with Gasteiger partial charge in [-0.2, -0.15) is 15.0 Å². The molecule has 7 aromatic rings. The van der Waals surface area contributed by atoms with Crippen LogP contribution in [-0.4, -0.2) is 236 Å². The van der Waals surface area contributed by atoms with Gasteiger partial charge in [0.1, 0.15) is 109 Å². The molecule has 5 aliphatic heterocycles. The van der Waals surface area contributed by atoms with Crippen LogP contribution in [0, 0.1) is 6.92 Å². The molecule has 0 radical (unpaired) electrons. The van der Waals surface area contributed by atoms with Crippen molar-refractivity contribution in [1.29, 1.82) is 0 Å². The van der Waals surface area contributed by atoms with Crippen LogP contribution in [0.5, 0.6) is 0 Å². The Bertz CT molecular complexity index is 4810. The first kappa shape index (κ1) is 74.3. The lowest BCUT2D eigenvalue weighted by atomic mass is 10.1. The van der Waals surface area contributed by atoms with Crippen LogP contribution >= 0.6 is 31.3 Å². The lowest BCUT2D eigenvalue weighted by Gasteiger charge is -2.27. The fourth-order valence-corrected chi connectivity index (χ4v) is 15.4. The van der Waals surface area contributed by atoms with Crippen LogP contribution in [-0.2, 0) is 78.1 Å². The van der Waals surface area contributed by atoms with E-state index in [2.05, 4.69) is 44.9 Å². The zero-order valence-corrected chi connectivity index (χ0v) is 55.3. The van der Waals surface area contributed by atoms with Gasteiger partial charge in [-0.25, -0.2) is 52.6 Å². The van der Waals surface area contributed by atoms with Crippen molar-refractivity contribution in [3.8, 4) is 0 Å². The first-order chi connectivity index (χ1) is 48.1. The molecule has 4 unspecified atom stereocenters. The lowest BCUT2D eigenvalue weighted by molar-refractivity contribution is -0.0657. The molecule has 0 bridgehead atoms. The quantitative estimate of drug-likeness (QED) is 0.0224. The number of anilines is 4. The number of nitrogens with zero attached hydrogens (tertiary/aromatic N) is 12. The maximum Gasteiger partial charge on any atom is 0.472 e. The number of ether oxygens (including phenoxy) is 5. The molecule has 7 aromatic heterocycles. The first-order valence-electron chi connectivity index (χ1n) is 29.7. The Morgan fingerprint density at radius 2 is 0.941 bits per heavy atom. The minimum Gasteiger partial charge on any atom is -0.394 e. The van der Waals surface area contributed by atoms with E-state index >= 15 is 0 Å². The summed E-state index contributed by atoms with van der Waals surface area (Å²) in [6.07, 6.45) is -30.6. The monoisotopic (exact) mass is 1530 g/mol. The molecule has 0 spiro atoms. The van der Waals surface area contributed by atoms with E-state index in [0.29, 0.717) is 9.13 Å². The topological polar surface area (TPSA) is 726 Å². The van der Waals surface area contributed by atoms with E-state index in [1.807, 2.05) is 0 Å². The molecule has 12 rings (SSSR count). The highest BCUT2D eigenvalue weighted by Gasteiger charge is 2.56. The molecule has 23 atom stereocenters. The van der Waals surface area contributed by atoms with E-state index in [-0.39, 0.29) is 51.8 Å². The molecule has 54 heteroatoms. The third-order valence-electron chi connectivity index (χ3n) is 16.3. The van der Waals surface area contributed by atoms with Crippen molar-refractivity contribution < 1.29 is 128 Å². The third-order valence-corrected chi connectivity index (χ3v) is 20.3. The predicted molar refractivity (Wildman–Crippen MR) is 328 cm³/mol. The number of nitrogens with one attached hydrogen (secondary N) is 2. The van der Waals surface area contributed by atoms with Crippen molar-refractivity contribution in [1.82, 2.24) is 67.7 Å². The van der Waals surface area contributed by atoms with Gasteiger partial charge >= 0.3 is 48.4 Å². The summed E-state index contributed by atoms with van der Waals surface area (Å²) in [5.74, 6) is -1.18. The minimum absolute atomic E-state index is 0.0358. The number of H-pyrrole nitrogens is 2. The van der Waals surface area contributed by atoms with Gasteiger partial charge in [0.05, 0.1) is 51.8 Å². The van der Waals surface area contributed by atoms with E-state index in [0.717, 1.165) is 58.8 Å². The van der Waals surface area contributed by atoms with Crippen LogP contribution in [0.3, 0.4) is 0 Å². The number of nitrogens with two attached hydrogens (primary N) is 4. The van der Waals surface area contributed by atoms with Gasteiger partial charge in [-0.1, -0.05) is 0 Å². The second-order valence-corrected chi connectivity index (χ2v) is 28.7. The number of rotatable bonds is 26. The number of imidazole rings is 2. The molecule has 556 valence electrons. The Balaban J connectivity index is 0.758. The zero-order valence-electron chi connectivity index (χ0n) is 51.7. The third kappa shape index (κ3) is 15.4. The van der Waals surface area contributed by atoms with Crippen LogP contribution in [0.25, 0.3) is 22.3 Å². The number of aliphatic hydroxyl groups is 6. The number of phosphoric acid groups is 4. The molecule has 0 saturated carbocycles. The molecule has 102 heavy (non-hydrogen) atoms. The van der Waals surface area contributed by atoms with Gasteiger partial charge in [0.15, 0.2) is 47.5 Å². The van der Waals surface area contributed by atoms with Gasteiger partial charge in [0.2, 0.25) is 5.95 Å². The summed E-state index contributed by atoms with van der Waals surface area (Å²) in [6, 6.07) is 2.13. The molecule has 50 nitrogen and oxygen atoms in total. The maximum absolute atomic E-state index is 14.3. The van der Waals surface area contributed by atoms with Gasteiger partial charge in [-0.15, -0.1) is 0 Å². The number of aryl methyl sites for hydroxylation is 1. The Hall–Kier alpha value is -7.46. The fourth-order valence-electron chi connectivity index (χ4n) is 11.5.